The number of carboxylic acid groups (broad SMARTS) is 1. The van der Waals surface area contributed by atoms with E-state index in [4.69, 9.17) is 20.8 Å². The maximum atomic E-state index is 12.7. The van der Waals surface area contributed by atoms with Crippen LogP contribution in [-0.2, 0) is 9.59 Å². The van der Waals surface area contributed by atoms with Gasteiger partial charge in [0.25, 0.3) is 5.91 Å². The maximum absolute atomic E-state index is 12.7. The van der Waals surface area contributed by atoms with Gasteiger partial charge in [-0.2, -0.15) is 0 Å². The Bertz CT molecular complexity index is 1380. The molecule has 0 spiro atoms. The number of nitrogens with one attached hydrogen (secondary N) is 2. The molecule has 4 rings (SSSR count). The molecule has 1 aliphatic heterocycles. The number of furan rings is 1. The van der Waals surface area contributed by atoms with Crippen LogP contribution in [0.1, 0.15) is 16.1 Å². The summed E-state index contributed by atoms with van der Waals surface area (Å²) < 4.78 is 10.9. The van der Waals surface area contributed by atoms with Crippen molar-refractivity contribution in [1.29, 1.82) is 0 Å². The molecule has 4 amide bonds. The number of anilines is 1. The predicted octanol–water partition coefficient (Wildman–Crippen LogP) is 3.84. The molecule has 0 bridgehead atoms. The summed E-state index contributed by atoms with van der Waals surface area (Å²) in [5.74, 6) is -1.51. The van der Waals surface area contributed by atoms with E-state index >= 15 is 0 Å². The van der Waals surface area contributed by atoms with Crippen molar-refractivity contribution in [3.63, 3.8) is 0 Å². The minimum Gasteiger partial charge on any atom is -0.495 e. The van der Waals surface area contributed by atoms with Crippen molar-refractivity contribution in [3.05, 3.63) is 76.6 Å². The van der Waals surface area contributed by atoms with Crippen LogP contribution in [0, 0.1) is 0 Å². The van der Waals surface area contributed by atoms with Crippen molar-refractivity contribution in [3.8, 4) is 17.1 Å². The summed E-state index contributed by atoms with van der Waals surface area (Å²) in [6.07, 6.45) is 1.30. The number of carboxylic acids is 1. The number of rotatable bonds is 7. The molecule has 178 valence electrons. The number of benzene rings is 2. The second kappa shape index (κ2) is 9.74. The molecule has 1 saturated heterocycles. The number of hydrogen-bond donors (Lipinski definition) is 3. The van der Waals surface area contributed by atoms with Gasteiger partial charge in [0.15, 0.2) is 0 Å². The molecule has 3 N–H and O–H groups in total. The molecule has 1 fully saturated rings. The number of methoxy groups -OCH3 is 1. The van der Waals surface area contributed by atoms with Crippen molar-refractivity contribution >= 4 is 47.2 Å². The molecular formula is C24H18ClN3O7. The highest BCUT2D eigenvalue weighted by Crippen LogP contribution is 2.31. The number of hydrogen-bond acceptors (Lipinski definition) is 6. The first kappa shape index (κ1) is 23.6. The number of carbonyl (C=O) groups excluding carboxylic acids is 3. The van der Waals surface area contributed by atoms with Gasteiger partial charge in [0.05, 0.1) is 23.4 Å². The first-order chi connectivity index (χ1) is 16.8. The zero-order valence-corrected chi connectivity index (χ0v) is 19.0. The lowest BCUT2D eigenvalue weighted by Crippen LogP contribution is -2.38. The average Bonchev–Trinajstić information content (AvgIpc) is 3.39. The Morgan fingerprint density at radius 2 is 1.94 bits per heavy atom. The number of nitrogens with zero attached hydrogens (tertiary/aromatic N) is 1. The van der Waals surface area contributed by atoms with Crippen LogP contribution in [0.3, 0.4) is 0 Å². The molecule has 11 heteroatoms. The quantitative estimate of drug-likeness (QED) is 0.334. The highest BCUT2D eigenvalue weighted by molar-refractivity contribution is 6.33. The van der Waals surface area contributed by atoms with E-state index in [1.165, 1.54) is 37.5 Å². The Kier molecular flexibility index (Phi) is 6.56. The standard InChI is InChI=1S/C24H18ClN3O7/c1-34-20-5-3-2-4-17(20)26-21(29)12-28-22(30)18(27-24(28)33)11-14-7-9-19(35-14)15-10-13(23(31)32)6-8-16(15)25/h2-11H,12H2,1H3,(H,26,29)(H,27,33)(H,31,32)/b18-11+. The average molecular weight is 496 g/mol. The summed E-state index contributed by atoms with van der Waals surface area (Å²) in [7, 11) is 1.45. The monoisotopic (exact) mass is 495 g/mol. The van der Waals surface area contributed by atoms with E-state index in [1.807, 2.05) is 0 Å². The van der Waals surface area contributed by atoms with Gasteiger partial charge in [-0.05, 0) is 42.5 Å². The van der Waals surface area contributed by atoms with Gasteiger partial charge in [0.2, 0.25) is 5.91 Å². The van der Waals surface area contributed by atoms with E-state index in [9.17, 15) is 24.3 Å². The zero-order valence-electron chi connectivity index (χ0n) is 18.2. The van der Waals surface area contributed by atoms with Gasteiger partial charge in [-0.1, -0.05) is 23.7 Å². The molecule has 0 atom stereocenters. The van der Waals surface area contributed by atoms with Crippen molar-refractivity contribution in [2.45, 2.75) is 0 Å². The summed E-state index contributed by atoms with van der Waals surface area (Å²) in [5.41, 5.74) is 0.691. The highest BCUT2D eigenvalue weighted by Gasteiger charge is 2.35. The van der Waals surface area contributed by atoms with Crippen LogP contribution < -0.4 is 15.4 Å². The van der Waals surface area contributed by atoms with Crippen molar-refractivity contribution < 1.29 is 33.4 Å². The fraction of sp³-hybridized carbons (Fsp3) is 0.0833. The van der Waals surface area contributed by atoms with Gasteiger partial charge in [0.1, 0.15) is 29.5 Å². The number of para-hydroxylation sites is 2. The molecule has 35 heavy (non-hydrogen) atoms. The Labute approximate surface area is 203 Å². The second-order valence-electron chi connectivity index (χ2n) is 7.33. The third-order valence-corrected chi connectivity index (χ3v) is 5.37. The minimum atomic E-state index is -1.12. The topological polar surface area (TPSA) is 138 Å². The number of urea groups is 1. The highest BCUT2D eigenvalue weighted by atomic mass is 35.5. The molecular weight excluding hydrogens is 478 g/mol. The van der Waals surface area contributed by atoms with Crippen LogP contribution in [0.5, 0.6) is 5.75 Å². The van der Waals surface area contributed by atoms with E-state index in [2.05, 4.69) is 10.6 Å². The van der Waals surface area contributed by atoms with Crippen molar-refractivity contribution in [2.24, 2.45) is 0 Å². The minimum absolute atomic E-state index is 0.0287. The normalized spacial score (nSPS) is 14.2. The van der Waals surface area contributed by atoms with Gasteiger partial charge >= 0.3 is 12.0 Å². The molecule has 0 saturated carbocycles. The fourth-order valence-electron chi connectivity index (χ4n) is 3.36. The molecule has 1 aromatic heterocycles. The number of imide groups is 1. The third-order valence-electron chi connectivity index (χ3n) is 5.04. The number of amides is 4. The lowest BCUT2D eigenvalue weighted by atomic mass is 10.1. The smallest absolute Gasteiger partial charge is 0.335 e. The van der Waals surface area contributed by atoms with Crippen LogP contribution in [0.2, 0.25) is 5.02 Å². The lowest BCUT2D eigenvalue weighted by Gasteiger charge is -2.13. The number of aromatic carboxylic acids is 1. The van der Waals surface area contributed by atoms with Crippen LogP contribution in [-0.4, -0.2) is 47.5 Å². The molecule has 0 unspecified atom stereocenters. The fourth-order valence-corrected chi connectivity index (χ4v) is 3.57. The van der Waals surface area contributed by atoms with Gasteiger partial charge < -0.3 is 24.9 Å². The van der Waals surface area contributed by atoms with Crippen molar-refractivity contribution in [2.75, 3.05) is 19.0 Å². The molecule has 10 nitrogen and oxygen atoms in total. The Morgan fingerprint density at radius 3 is 2.69 bits per heavy atom. The van der Waals surface area contributed by atoms with Gasteiger partial charge in [-0.15, -0.1) is 0 Å². The van der Waals surface area contributed by atoms with Crippen LogP contribution in [0.4, 0.5) is 10.5 Å². The van der Waals surface area contributed by atoms with E-state index < -0.39 is 30.4 Å². The zero-order chi connectivity index (χ0) is 25.1. The predicted molar refractivity (Wildman–Crippen MR) is 126 cm³/mol. The molecule has 2 heterocycles. The number of ether oxygens (including phenoxy) is 1. The summed E-state index contributed by atoms with van der Waals surface area (Å²) in [6.45, 7) is -0.513. The van der Waals surface area contributed by atoms with Crippen LogP contribution in [0.25, 0.3) is 17.4 Å². The second-order valence-corrected chi connectivity index (χ2v) is 7.74. The molecule has 0 aliphatic carbocycles. The SMILES string of the molecule is COc1ccccc1NC(=O)CN1C(=O)N/C(=C/c2ccc(-c3cc(C(=O)O)ccc3Cl)o2)C1=O. The van der Waals surface area contributed by atoms with Crippen LogP contribution in [0.15, 0.2) is 64.7 Å². The lowest BCUT2D eigenvalue weighted by molar-refractivity contribution is -0.127. The van der Waals surface area contributed by atoms with Gasteiger partial charge in [-0.3, -0.25) is 9.59 Å². The molecule has 3 aromatic rings. The van der Waals surface area contributed by atoms with Crippen molar-refractivity contribution in [1.82, 2.24) is 10.2 Å². The first-order valence-electron chi connectivity index (χ1n) is 10.2. The van der Waals surface area contributed by atoms with E-state index in [0.717, 1.165) is 4.90 Å². The Balaban J connectivity index is 1.49. The van der Waals surface area contributed by atoms with E-state index in [-0.39, 0.29) is 27.8 Å². The van der Waals surface area contributed by atoms with Gasteiger partial charge in [0, 0.05) is 11.6 Å². The molecule has 1 aliphatic rings. The van der Waals surface area contributed by atoms with Crippen LogP contribution >= 0.6 is 11.6 Å². The number of halogens is 1. The Hall–Kier alpha value is -4.57. The first-order valence-corrected chi connectivity index (χ1v) is 10.5. The van der Waals surface area contributed by atoms with E-state index in [0.29, 0.717) is 17.0 Å². The summed E-state index contributed by atoms with van der Waals surface area (Å²) in [6, 6.07) is 13.2. The summed E-state index contributed by atoms with van der Waals surface area (Å²) in [5, 5.41) is 14.5. The maximum Gasteiger partial charge on any atom is 0.335 e. The third kappa shape index (κ3) is 5.02. The number of carbonyl (C=O) groups is 4. The molecule has 0 radical (unpaired) electrons. The summed E-state index contributed by atoms with van der Waals surface area (Å²) >= 11 is 6.17. The largest absolute Gasteiger partial charge is 0.495 e. The molecule has 2 aromatic carbocycles. The Morgan fingerprint density at radius 1 is 1.17 bits per heavy atom. The summed E-state index contributed by atoms with van der Waals surface area (Å²) in [4.78, 5) is 49.5. The van der Waals surface area contributed by atoms with Gasteiger partial charge in [-0.25, -0.2) is 14.5 Å². The van der Waals surface area contributed by atoms with E-state index in [1.54, 1.807) is 30.3 Å².